The van der Waals surface area contributed by atoms with Crippen LogP contribution < -0.4 is 41.4 Å². The molecule has 4 aliphatic carbocycles. The summed E-state index contributed by atoms with van der Waals surface area (Å²) in [5.41, 5.74) is -6.39. The number of thiazole rings is 3. The number of rotatable bonds is 28. The molecule has 0 saturated heterocycles. The minimum absolute atomic E-state index is 0.0387. The number of pyridine rings is 3. The van der Waals surface area contributed by atoms with Crippen LogP contribution in [0.1, 0.15) is 89.0 Å². The van der Waals surface area contributed by atoms with Crippen molar-refractivity contribution in [2.75, 3.05) is 72.4 Å². The van der Waals surface area contributed by atoms with Gasteiger partial charge < -0.3 is 76.0 Å². The number of nitrogens with zero attached hydrogens (tertiary/aromatic N) is 12. The fourth-order valence-corrected chi connectivity index (χ4v) is 16.7. The molecule has 9 aromatic rings. The molecule has 0 bridgehead atoms. The molecule has 36 heteroatoms. The number of ether oxygens (including phenoxy) is 5. The molecule has 0 amide bonds. The molecular weight excluding hydrogens is 1390 g/mol. The topological polar surface area (TPSA) is 354 Å². The van der Waals surface area contributed by atoms with Gasteiger partial charge >= 0.3 is 0 Å². The highest BCUT2D eigenvalue weighted by Gasteiger charge is 2.91. The van der Waals surface area contributed by atoms with Crippen molar-refractivity contribution in [2.45, 2.75) is 166 Å². The van der Waals surface area contributed by atoms with Crippen molar-refractivity contribution in [3.8, 4) is 43.5 Å². The van der Waals surface area contributed by atoms with E-state index in [0.717, 1.165) is 27.4 Å². The maximum Gasteiger partial charge on any atom is 0.287 e. The van der Waals surface area contributed by atoms with E-state index >= 15 is 26.3 Å². The quantitative estimate of drug-likeness (QED) is 0.0161. The van der Waals surface area contributed by atoms with E-state index in [1.165, 1.54) is 38.0 Å². The third-order valence-electron chi connectivity index (χ3n) is 19.2. The lowest BCUT2D eigenvalue weighted by Crippen LogP contribution is -2.53. The summed E-state index contributed by atoms with van der Waals surface area (Å²) < 4.78 is 123. The van der Waals surface area contributed by atoms with Crippen molar-refractivity contribution >= 4 is 100.0 Å². The summed E-state index contributed by atoms with van der Waals surface area (Å²) in [6.07, 6.45) is -7.47. The molecule has 9 aromatic heterocycles. The van der Waals surface area contributed by atoms with Crippen molar-refractivity contribution < 1.29 is 70.5 Å². The van der Waals surface area contributed by atoms with Crippen LogP contribution in [0.25, 0.3) is 62.4 Å². The Bertz CT molecular complexity index is 4570. The first-order chi connectivity index (χ1) is 48.1. The summed E-state index contributed by atoms with van der Waals surface area (Å²) in [4.78, 5) is 57.3. The Morgan fingerprint density at radius 3 is 1.40 bits per heavy atom. The largest absolute Gasteiger partial charge is 0.447 e. The number of alkyl halides is 6. The molecule has 27 nitrogen and oxygen atoms in total. The number of aliphatic hydroxyl groups excluding tert-OH is 2. The average molecular weight is 1460 g/mol. The summed E-state index contributed by atoms with van der Waals surface area (Å²) in [5.74, 6) is -8.66. The monoisotopic (exact) mass is 1460 g/mol. The maximum atomic E-state index is 15.3. The molecule has 4 aliphatic rings. The van der Waals surface area contributed by atoms with Crippen molar-refractivity contribution in [1.82, 2.24) is 59.8 Å². The first kappa shape index (κ1) is 71.5. The number of nitrogens with one attached hydrogen (secondary N) is 6. The van der Waals surface area contributed by atoms with Gasteiger partial charge in [-0.15, -0.1) is 34.0 Å². The predicted molar refractivity (Wildman–Crippen MR) is 368 cm³/mol. The molecule has 4 saturated carbocycles. The molecule has 0 aromatic carbocycles. The lowest BCUT2D eigenvalue weighted by molar-refractivity contribution is -0.124. The lowest BCUT2D eigenvalue weighted by atomic mass is 10.0. The smallest absolute Gasteiger partial charge is 0.287 e. The van der Waals surface area contributed by atoms with Crippen LogP contribution >= 0.6 is 34.0 Å². The second-order valence-electron chi connectivity index (χ2n) is 26.0. The second kappa shape index (κ2) is 27.7. The minimum Gasteiger partial charge on any atom is -0.447 e. The average Bonchev–Trinajstić information content (AvgIpc) is 1.48. The fourth-order valence-electron chi connectivity index (χ4n) is 13.5. The van der Waals surface area contributed by atoms with Crippen LogP contribution in [0, 0.1) is 45.4 Å². The second-order valence-corrected chi connectivity index (χ2v) is 29.1. The normalized spacial score (nSPS) is 25.5. The third-order valence-corrected chi connectivity index (χ3v) is 22.4. The van der Waals surface area contributed by atoms with Crippen LogP contribution in [-0.2, 0) is 14.2 Å². The van der Waals surface area contributed by atoms with Gasteiger partial charge in [-0.2, -0.15) is 15.0 Å². The highest BCUT2D eigenvalue weighted by Crippen LogP contribution is 2.71. The van der Waals surface area contributed by atoms with Crippen molar-refractivity contribution in [1.29, 1.82) is 0 Å². The van der Waals surface area contributed by atoms with Crippen molar-refractivity contribution in [3.05, 3.63) is 59.6 Å². The summed E-state index contributed by atoms with van der Waals surface area (Å²) in [7, 11) is 3.04. The number of aryl methyl sites for hydroxylation is 4. The first-order valence-electron chi connectivity index (χ1n) is 32.9. The molecule has 12 atom stereocenters. The van der Waals surface area contributed by atoms with Crippen LogP contribution in [0.4, 0.5) is 61.6 Å². The Kier molecular flexibility index (Phi) is 19.6. The van der Waals surface area contributed by atoms with Crippen LogP contribution in [0.5, 0.6) is 11.8 Å². The fraction of sp³-hybridized carbons (Fsp3) is 0.538. The zero-order valence-electron chi connectivity index (χ0n) is 56.5. The molecule has 540 valence electrons. The number of anilines is 6. The van der Waals surface area contributed by atoms with E-state index in [9.17, 15) is 20.4 Å². The van der Waals surface area contributed by atoms with Gasteiger partial charge in [-0.3, -0.25) is 4.98 Å². The molecule has 9 heterocycles. The van der Waals surface area contributed by atoms with Crippen LogP contribution in [0.3, 0.4) is 0 Å². The SMILES string of the molecule is CCOCC(C)Nc1nc(C)c(-c2nc3c(C)nccc3s2)c(NC2(Oc3nccc4sc(-c5c(C)nc(NCC(C)OC)nc5NC5(Oc6nccc7sc(-c8c(C)nc(NCC(C)OC)nc8NC8(O)CCC9C(F)(F)C98O)nc67)CCC(C(F)F)C5O)nc34)CCC(C(F)F)C2O)n1. The van der Waals surface area contributed by atoms with Gasteiger partial charge in [0.25, 0.3) is 5.92 Å². The summed E-state index contributed by atoms with van der Waals surface area (Å²) in [6, 6.07) is 4.79. The van der Waals surface area contributed by atoms with E-state index in [-0.39, 0.29) is 160 Å². The van der Waals surface area contributed by atoms with Crippen LogP contribution in [0.2, 0.25) is 0 Å². The third kappa shape index (κ3) is 13.1. The van der Waals surface area contributed by atoms with Gasteiger partial charge in [0.15, 0.2) is 11.3 Å². The van der Waals surface area contributed by atoms with E-state index in [1.807, 2.05) is 33.8 Å². The number of halogens is 6. The van der Waals surface area contributed by atoms with Crippen molar-refractivity contribution in [2.24, 2.45) is 17.8 Å². The van der Waals surface area contributed by atoms with Gasteiger partial charge in [-0.1, -0.05) is 0 Å². The minimum atomic E-state index is -3.60. The summed E-state index contributed by atoms with van der Waals surface area (Å²) in [5, 5.41) is 67.7. The van der Waals surface area contributed by atoms with E-state index in [0.29, 0.717) is 50.1 Å². The number of fused-ring (bicyclic) bond motifs is 4. The Balaban J connectivity index is 0.895. The number of hydrogen-bond acceptors (Lipinski definition) is 30. The van der Waals surface area contributed by atoms with Gasteiger partial charge in [0.2, 0.25) is 53.9 Å². The van der Waals surface area contributed by atoms with E-state index in [2.05, 4.69) is 56.8 Å². The Labute approximate surface area is 586 Å². The standard InChI is InChI=1S/C65H76F6N18O9S3/c1-11-96-26-27(2)77-60-80-32(7)41(55-81-43-33(8)72-21-15-36(43)99-55)51(86-60)88-62(19-13-35(47(62)91)49(68)69)98-53-44-37(16-22-73-53)100-56(82-44)40-30(5)78-58(75-24-28(3)94-9)84-50(40)87-61(18-12-34(46(61)90)48(66)67)97-54-45-38(17-23-74-54)101-57(83-45)42-31(6)79-59(76-25-29(4)95-10)85-52(42)89-63(92)20-14-39-64(63,93)65(39,70)71/h15-17,21-23,27-29,34-35,39,46-49,90-93H,11-14,18-20,24-26H2,1-10H3,(H2,75,78,84,87)(H2,76,79,85,89)(H2,77,80,86,88). The first-order valence-corrected chi connectivity index (χ1v) is 35.3. The molecule has 0 radical (unpaired) electrons. The van der Waals surface area contributed by atoms with Crippen LogP contribution in [-0.4, -0.2) is 193 Å². The molecule has 0 aliphatic heterocycles. The van der Waals surface area contributed by atoms with Gasteiger partial charge in [0.05, 0.1) is 90.1 Å². The summed E-state index contributed by atoms with van der Waals surface area (Å²) in [6.45, 7) is 15.4. The Hall–Kier alpha value is -7.94. The Morgan fingerprint density at radius 2 is 0.980 bits per heavy atom. The molecule has 0 spiro atoms. The van der Waals surface area contributed by atoms with E-state index in [1.54, 1.807) is 46.0 Å². The van der Waals surface area contributed by atoms with Gasteiger partial charge in [-0.05, 0) is 99.3 Å². The zero-order chi connectivity index (χ0) is 71.8. The van der Waals surface area contributed by atoms with E-state index in [4.69, 9.17) is 58.6 Å². The molecule has 101 heavy (non-hydrogen) atoms. The Morgan fingerprint density at radius 1 is 0.554 bits per heavy atom. The molecular formula is C65H76F6N18O9S3. The maximum absolute atomic E-state index is 15.3. The highest BCUT2D eigenvalue weighted by atomic mass is 32.1. The lowest BCUT2D eigenvalue weighted by Gasteiger charge is -2.36. The van der Waals surface area contributed by atoms with Gasteiger partial charge in [-0.25, -0.2) is 66.2 Å². The highest BCUT2D eigenvalue weighted by molar-refractivity contribution is 7.22. The number of aromatic nitrogens is 12. The van der Waals surface area contributed by atoms with Crippen molar-refractivity contribution in [3.63, 3.8) is 0 Å². The number of hydrogen-bond donors (Lipinski definition) is 10. The summed E-state index contributed by atoms with van der Waals surface area (Å²) >= 11 is 3.53. The van der Waals surface area contributed by atoms with Gasteiger partial charge in [0, 0.05) is 71.4 Å². The molecule has 13 rings (SSSR count). The molecule has 10 N–H and O–H groups in total. The predicted octanol–water partition coefficient (Wildman–Crippen LogP) is 10.4. The van der Waals surface area contributed by atoms with Crippen LogP contribution in [0.15, 0.2) is 36.8 Å². The van der Waals surface area contributed by atoms with E-state index < -0.39 is 71.5 Å². The molecule has 4 fully saturated rings. The van der Waals surface area contributed by atoms with Gasteiger partial charge in [0.1, 0.15) is 61.2 Å². The zero-order valence-corrected chi connectivity index (χ0v) is 58.9. The number of methoxy groups -OCH3 is 2. The number of aliphatic hydroxyl groups is 4. The molecule has 12 unspecified atom stereocenters.